The average molecular weight is 455 g/mol. The standard InChI is InChI=1S/C22H20F2N6OS/c23-21(24)32-17-8-6-15(7-9-17)26-19-18-14-25-30(16-4-2-1-3-5-16)20(18)28-22(27-19)29-10-12-31-13-11-29/h1-9,14,21H,10-13H2,(H,26,27,28). The highest BCUT2D eigenvalue weighted by Gasteiger charge is 2.20. The monoisotopic (exact) mass is 454 g/mol. The van der Waals surface area contributed by atoms with Crippen LogP contribution in [0.5, 0.6) is 0 Å². The van der Waals surface area contributed by atoms with Crippen LogP contribution in [0.1, 0.15) is 0 Å². The Kier molecular flexibility index (Phi) is 5.87. The number of nitrogens with zero attached hydrogens (tertiary/aromatic N) is 5. The van der Waals surface area contributed by atoms with E-state index in [1.807, 2.05) is 30.3 Å². The highest BCUT2D eigenvalue weighted by atomic mass is 32.2. The Morgan fingerprint density at radius 3 is 2.44 bits per heavy atom. The molecule has 1 aliphatic heterocycles. The van der Waals surface area contributed by atoms with E-state index in [-0.39, 0.29) is 0 Å². The Hall–Kier alpha value is -3.24. The van der Waals surface area contributed by atoms with Crippen molar-refractivity contribution >= 4 is 40.2 Å². The van der Waals surface area contributed by atoms with E-state index in [9.17, 15) is 8.78 Å². The van der Waals surface area contributed by atoms with Crippen molar-refractivity contribution in [3.63, 3.8) is 0 Å². The third-order valence-electron chi connectivity index (χ3n) is 5.05. The highest BCUT2D eigenvalue weighted by Crippen LogP contribution is 2.30. The van der Waals surface area contributed by atoms with Crippen molar-refractivity contribution in [2.24, 2.45) is 0 Å². The van der Waals surface area contributed by atoms with Crippen LogP contribution in [0.4, 0.5) is 26.2 Å². The van der Waals surface area contributed by atoms with Gasteiger partial charge in [-0.05, 0) is 36.4 Å². The summed E-state index contributed by atoms with van der Waals surface area (Å²) in [5.74, 6) is -1.26. The maximum absolute atomic E-state index is 12.6. The molecule has 32 heavy (non-hydrogen) atoms. The van der Waals surface area contributed by atoms with E-state index in [0.717, 1.165) is 16.8 Å². The second kappa shape index (κ2) is 9.09. The topological polar surface area (TPSA) is 68.1 Å². The second-order valence-electron chi connectivity index (χ2n) is 7.13. The average Bonchev–Trinajstić information content (AvgIpc) is 3.25. The van der Waals surface area contributed by atoms with Crippen LogP contribution in [0.2, 0.25) is 0 Å². The third kappa shape index (κ3) is 4.37. The number of rotatable bonds is 6. The molecule has 0 aliphatic carbocycles. The van der Waals surface area contributed by atoms with Crippen LogP contribution in [0.15, 0.2) is 65.7 Å². The lowest BCUT2D eigenvalue weighted by molar-refractivity contribution is 0.122. The van der Waals surface area contributed by atoms with Crippen LogP contribution in [0.3, 0.4) is 0 Å². The Balaban J connectivity index is 1.55. The Bertz CT molecular complexity index is 1200. The number of anilines is 3. The van der Waals surface area contributed by atoms with Gasteiger partial charge in [0.1, 0.15) is 5.82 Å². The first-order chi connectivity index (χ1) is 15.7. The molecule has 0 bridgehead atoms. The van der Waals surface area contributed by atoms with E-state index in [1.54, 1.807) is 35.1 Å². The molecule has 1 fully saturated rings. The lowest BCUT2D eigenvalue weighted by Crippen LogP contribution is -2.37. The van der Waals surface area contributed by atoms with Gasteiger partial charge >= 0.3 is 0 Å². The van der Waals surface area contributed by atoms with Crippen LogP contribution in [-0.4, -0.2) is 51.8 Å². The molecule has 0 unspecified atom stereocenters. The number of nitrogens with one attached hydrogen (secondary N) is 1. The molecule has 1 N–H and O–H groups in total. The van der Waals surface area contributed by atoms with E-state index in [0.29, 0.717) is 60.4 Å². The van der Waals surface area contributed by atoms with Crippen LogP contribution in [0.25, 0.3) is 16.7 Å². The molecule has 164 valence electrons. The SMILES string of the molecule is FC(F)Sc1ccc(Nc2nc(N3CCOCC3)nc3c2cnn3-c2ccccc2)cc1. The molecule has 5 rings (SSSR count). The lowest BCUT2D eigenvalue weighted by Gasteiger charge is -2.27. The summed E-state index contributed by atoms with van der Waals surface area (Å²) in [5, 5.41) is 8.62. The third-order valence-corrected chi connectivity index (χ3v) is 5.78. The van der Waals surface area contributed by atoms with E-state index in [4.69, 9.17) is 14.7 Å². The van der Waals surface area contributed by atoms with Crippen molar-refractivity contribution in [1.82, 2.24) is 19.7 Å². The van der Waals surface area contributed by atoms with Gasteiger partial charge in [-0.25, -0.2) is 4.68 Å². The zero-order valence-electron chi connectivity index (χ0n) is 17.0. The number of halogens is 2. The van der Waals surface area contributed by atoms with Gasteiger partial charge in [0.15, 0.2) is 5.65 Å². The second-order valence-corrected chi connectivity index (χ2v) is 8.19. The van der Waals surface area contributed by atoms with Crippen molar-refractivity contribution in [3.05, 3.63) is 60.8 Å². The summed E-state index contributed by atoms with van der Waals surface area (Å²) in [6, 6.07) is 16.6. The summed E-state index contributed by atoms with van der Waals surface area (Å²) in [6.07, 6.45) is 1.73. The number of aromatic nitrogens is 4. The van der Waals surface area contributed by atoms with Gasteiger partial charge in [-0.15, -0.1) is 0 Å². The zero-order chi connectivity index (χ0) is 21.9. The van der Waals surface area contributed by atoms with Gasteiger partial charge in [-0.3, -0.25) is 0 Å². The molecule has 1 aliphatic rings. The number of hydrogen-bond acceptors (Lipinski definition) is 7. The van der Waals surface area contributed by atoms with Crippen LogP contribution < -0.4 is 10.2 Å². The Morgan fingerprint density at radius 1 is 0.969 bits per heavy atom. The molecule has 0 atom stereocenters. The molecule has 2 aromatic heterocycles. The summed E-state index contributed by atoms with van der Waals surface area (Å²) in [6.45, 7) is 2.63. The maximum atomic E-state index is 12.6. The molecule has 3 heterocycles. The van der Waals surface area contributed by atoms with E-state index >= 15 is 0 Å². The first-order valence-corrected chi connectivity index (χ1v) is 11.0. The number of alkyl halides is 2. The number of benzene rings is 2. The molecular formula is C22H20F2N6OS. The van der Waals surface area contributed by atoms with Gasteiger partial charge in [-0.1, -0.05) is 30.0 Å². The number of fused-ring (bicyclic) bond motifs is 1. The molecule has 7 nitrogen and oxygen atoms in total. The van der Waals surface area contributed by atoms with E-state index in [2.05, 4.69) is 15.3 Å². The van der Waals surface area contributed by atoms with Gasteiger partial charge in [0.25, 0.3) is 5.76 Å². The lowest BCUT2D eigenvalue weighted by atomic mass is 10.3. The molecule has 4 aromatic rings. The van der Waals surface area contributed by atoms with Crippen molar-refractivity contribution in [1.29, 1.82) is 0 Å². The minimum Gasteiger partial charge on any atom is -0.378 e. The van der Waals surface area contributed by atoms with Crippen LogP contribution in [-0.2, 0) is 4.74 Å². The minimum absolute atomic E-state index is 0.504. The van der Waals surface area contributed by atoms with Crippen molar-refractivity contribution < 1.29 is 13.5 Å². The van der Waals surface area contributed by atoms with Crippen LogP contribution >= 0.6 is 11.8 Å². The number of thioether (sulfide) groups is 1. The first-order valence-electron chi connectivity index (χ1n) is 10.1. The summed E-state index contributed by atoms with van der Waals surface area (Å²) in [4.78, 5) is 12.2. The number of morpholine rings is 1. The smallest absolute Gasteiger partial charge is 0.288 e. The zero-order valence-corrected chi connectivity index (χ0v) is 17.8. The van der Waals surface area contributed by atoms with Crippen molar-refractivity contribution in [3.8, 4) is 5.69 Å². The van der Waals surface area contributed by atoms with Gasteiger partial charge in [0.2, 0.25) is 5.95 Å². The molecule has 0 radical (unpaired) electrons. The van der Waals surface area contributed by atoms with E-state index < -0.39 is 5.76 Å². The van der Waals surface area contributed by atoms with Crippen molar-refractivity contribution in [2.75, 3.05) is 36.5 Å². The molecule has 1 saturated heterocycles. The van der Waals surface area contributed by atoms with Gasteiger partial charge < -0.3 is 15.0 Å². The molecular weight excluding hydrogens is 434 g/mol. The Morgan fingerprint density at radius 2 is 1.72 bits per heavy atom. The first kappa shape index (κ1) is 20.7. The number of ether oxygens (including phenoxy) is 1. The predicted octanol–water partition coefficient (Wildman–Crippen LogP) is 4.71. The summed E-state index contributed by atoms with van der Waals surface area (Å²) >= 11 is 0.520. The van der Waals surface area contributed by atoms with Gasteiger partial charge in [-0.2, -0.15) is 23.8 Å². The fourth-order valence-electron chi connectivity index (χ4n) is 3.51. The summed E-state index contributed by atoms with van der Waals surface area (Å²) in [7, 11) is 0. The van der Waals surface area contributed by atoms with Gasteiger partial charge in [0, 0.05) is 23.7 Å². The Labute approximate surface area is 187 Å². The highest BCUT2D eigenvalue weighted by molar-refractivity contribution is 7.99. The fraction of sp³-hybridized carbons (Fsp3) is 0.227. The molecule has 10 heteroatoms. The quantitative estimate of drug-likeness (QED) is 0.423. The predicted molar refractivity (Wildman–Crippen MR) is 121 cm³/mol. The van der Waals surface area contributed by atoms with Crippen LogP contribution in [0, 0.1) is 0 Å². The van der Waals surface area contributed by atoms with E-state index in [1.165, 1.54) is 0 Å². The van der Waals surface area contributed by atoms with Crippen molar-refractivity contribution in [2.45, 2.75) is 10.7 Å². The summed E-state index contributed by atoms with van der Waals surface area (Å²) < 4.78 is 32.5. The summed E-state index contributed by atoms with van der Waals surface area (Å²) in [5.41, 5.74) is 2.32. The maximum Gasteiger partial charge on any atom is 0.288 e. The molecule has 0 saturated carbocycles. The van der Waals surface area contributed by atoms with Gasteiger partial charge in [0.05, 0.1) is 30.5 Å². The molecule has 0 spiro atoms. The number of para-hydroxylation sites is 1. The largest absolute Gasteiger partial charge is 0.378 e. The number of hydrogen-bond donors (Lipinski definition) is 1. The fourth-order valence-corrected chi connectivity index (χ4v) is 4.01. The normalized spacial score (nSPS) is 14.3. The minimum atomic E-state index is -2.45. The molecule has 2 aromatic carbocycles. The molecule has 0 amide bonds.